The molecule has 106 valence electrons. The quantitative estimate of drug-likeness (QED) is 0.600. The van der Waals surface area contributed by atoms with Crippen LogP contribution in [0.5, 0.6) is 5.75 Å². The van der Waals surface area contributed by atoms with E-state index in [1.807, 2.05) is 18.2 Å². The van der Waals surface area contributed by atoms with Crippen LogP contribution in [-0.2, 0) is 6.42 Å². The maximum atomic E-state index is 5.80. The normalized spacial score (nSPS) is 10.4. The molecule has 1 heteroatoms. The number of benzene rings is 2. The number of para-hydroxylation sites is 1. The van der Waals surface area contributed by atoms with Crippen molar-refractivity contribution < 1.29 is 4.74 Å². The van der Waals surface area contributed by atoms with E-state index in [1.165, 1.54) is 36.8 Å². The Labute approximate surface area is 122 Å². The first-order valence-corrected chi connectivity index (χ1v) is 7.58. The van der Waals surface area contributed by atoms with Gasteiger partial charge in [0.05, 0.1) is 6.61 Å². The summed E-state index contributed by atoms with van der Waals surface area (Å²) in [4.78, 5) is 0. The van der Waals surface area contributed by atoms with Crippen LogP contribution in [0, 0.1) is 6.92 Å². The van der Waals surface area contributed by atoms with Crippen LogP contribution in [0.25, 0.3) is 0 Å². The van der Waals surface area contributed by atoms with Gasteiger partial charge in [0, 0.05) is 0 Å². The second-order valence-corrected chi connectivity index (χ2v) is 5.26. The Kier molecular flexibility index (Phi) is 6.16. The molecule has 0 unspecified atom stereocenters. The molecule has 0 saturated carbocycles. The van der Waals surface area contributed by atoms with Crippen molar-refractivity contribution >= 4 is 0 Å². The van der Waals surface area contributed by atoms with Gasteiger partial charge in [-0.15, -0.1) is 0 Å². The second-order valence-electron chi connectivity index (χ2n) is 5.26. The van der Waals surface area contributed by atoms with Gasteiger partial charge in [-0.3, -0.25) is 0 Å². The third-order valence-corrected chi connectivity index (χ3v) is 3.55. The van der Waals surface area contributed by atoms with Crippen LogP contribution in [0.3, 0.4) is 0 Å². The molecule has 20 heavy (non-hydrogen) atoms. The van der Waals surface area contributed by atoms with Crippen molar-refractivity contribution in [3.8, 4) is 5.75 Å². The average Bonchev–Trinajstić information content (AvgIpc) is 2.49. The van der Waals surface area contributed by atoms with Crippen molar-refractivity contribution in [2.75, 3.05) is 6.61 Å². The molecule has 1 nitrogen and oxygen atoms in total. The topological polar surface area (TPSA) is 9.23 Å². The van der Waals surface area contributed by atoms with Gasteiger partial charge in [0.15, 0.2) is 0 Å². The fraction of sp³-hybridized carbons (Fsp3) is 0.368. The molecule has 0 aliphatic rings. The van der Waals surface area contributed by atoms with Gasteiger partial charge in [-0.2, -0.15) is 0 Å². The van der Waals surface area contributed by atoms with Crippen molar-refractivity contribution in [3.05, 3.63) is 65.7 Å². The zero-order valence-corrected chi connectivity index (χ0v) is 12.3. The molecule has 0 heterocycles. The first kappa shape index (κ1) is 14.6. The zero-order valence-electron chi connectivity index (χ0n) is 12.3. The highest BCUT2D eigenvalue weighted by molar-refractivity contribution is 5.31. The predicted octanol–water partition coefficient (Wildman–Crippen LogP) is 5.18. The molecule has 0 fully saturated rings. The van der Waals surface area contributed by atoms with E-state index in [0.717, 1.165) is 18.8 Å². The van der Waals surface area contributed by atoms with E-state index in [4.69, 9.17) is 4.74 Å². The van der Waals surface area contributed by atoms with E-state index in [2.05, 4.69) is 43.3 Å². The third kappa shape index (κ3) is 5.08. The predicted molar refractivity (Wildman–Crippen MR) is 85.3 cm³/mol. The van der Waals surface area contributed by atoms with Crippen LogP contribution < -0.4 is 4.74 Å². The zero-order chi connectivity index (χ0) is 14.0. The van der Waals surface area contributed by atoms with E-state index in [1.54, 1.807) is 0 Å². The summed E-state index contributed by atoms with van der Waals surface area (Å²) >= 11 is 0. The fourth-order valence-electron chi connectivity index (χ4n) is 2.33. The molecule has 0 aromatic heterocycles. The molecule has 0 amide bonds. The van der Waals surface area contributed by atoms with Crippen molar-refractivity contribution in [3.63, 3.8) is 0 Å². The maximum absolute atomic E-state index is 5.80. The highest BCUT2D eigenvalue weighted by atomic mass is 16.5. The van der Waals surface area contributed by atoms with Gasteiger partial charge in [-0.05, 0) is 43.4 Å². The molecule has 0 spiro atoms. The van der Waals surface area contributed by atoms with Crippen molar-refractivity contribution in [2.24, 2.45) is 0 Å². The minimum Gasteiger partial charge on any atom is -0.493 e. The lowest BCUT2D eigenvalue weighted by Gasteiger charge is -2.08. The minimum atomic E-state index is 0.830. The molecule has 2 aromatic carbocycles. The maximum Gasteiger partial charge on any atom is 0.122 e. The molecular weight excluding hydrogens is 244 g/mol. The van der Waals surface area contributed by atoms with Gasteiger partial charge in [0.2, 0.25) is 0 Å². The minimum absolute atomic E-state index is 0.830. The Morgan fingerprint density at radius 2 is 1.45 bits per heavy atom. The molecule has 0 saturated heterocycles. The first-order valence-electron chi connectivity index (χ1n) is 7.58. The lowest BCUT2D eigenvalue weighted by atomic mass is 10.1. The van der Waals surface area contributed by atoms with Crippen LogP contribution in [0.4, 0.5) is 0 Å². The Morgan fingerprint density at radius 3 is 2.25 bits per heavy atom. The molecule has 0 N–H and O–H groups in total. The van der Waals surface area contributed by atoms with Gasteiger partial charge in [0.1, 0.15) is 5.75 Å². The van der Waals surface area contributed by atoms with E-state index < -0.39 is 0 Å². The third-order valence-electron chi connectivity index (χ3n) is 3.55. The first-order chi connectivity index (χ1) is 9.86. The van der Waals surface area contributed by atoms with E-state index >= 15 is 0 Å². The lowest BCUT2D eigenvalue weighted by Crippen LogP contribution is -1.98. The van der Waals surface area contributed by atoms with Crippen molar-refractivity contribution in [2.45, 2.75) is 39.0 Å². The summed E-state index contributed by atoms with van der Waals surface area (Å²) in [6.07, 6.45) is 6.14. The number of hydrogen-bond donors (Lipinski definition) is 0. The highest BCUT2D eigenvalue weighted by Gasteiger charge is 1.97. The largest absolute Gasteiger partial charge is 0.493 e. The van der Waals surface area contributed by atoms with Gasteiger partial charge < -0.3 is 4.74 Å². The monoisotopic (exact) mass is 268 g/mol. The molecular formula is C19H24O. The summed E-state index contributed by atoms with van der Waals surface area (Å²) < 4.78 is 5.80. The van der Waals surface area contributed by atoms with Gasteiger partial charge >= 0.3 is 0 Å². The molecule has 0 bridgehead atoms. The summed E-state index contributed by atoms with van der Waals surface area (Å²) in [5.74, 6) is 1.02. The van der Waals surface area contributed by atoms with Crippen LogP contribution in [0.15, 0.2) is 54.6 Å². The summed E-state index contributed by atoms with van der Waals surface area (Å²) in [7, 11) is 0. The summed E-state index contributed by atoms with van der Waals surface area (Å²) in [5.41, 5.74) is 2.67. The molecule has 0 aliphatic carbocycles. The van der Waals surface area contributed by atoms with E-state index in [0.29, 0.717) is 0 Å². The molecule has 0 radical (unpaired) electrons. The summed E-state index contributed by atoms with van der Waals surface area (Å²) in [5, 5.41) is 0. The van der Waals surface area contributed by atoms with E-state index in [-0.39, 0.29) is 0 Å². The van der Waals surface area contributed by atoms with Crippen molar-refractivity contribution in [1.82, 2.24) is 0 Å². The van der Waals surface area contributed by atoms with Gasteiger partial charge in [-0.1, -0.05) is 61.4 Å². The highest BCUT2D eigenvalue weighted by Crippen LogP contribution is 2.16. The number of hydrogen-bond acceptors (Lipinski definition) is 1. The van der Waals surface area contributed by atoms with Crippen LogP contribution >= 0.6 is 0 Å². The Bertz CT molecular complexity index is 490. The number of unbranched alkanes of at least 4 members (excludes halogenated alkanes) is 3. The van der Waals surface area contributed by atoms with Crippen molar-refractivity contribution in [1.29, 1.82) is 0 Å². The standard InChI is InChI=1S/C19H24O/c1-17-11-8-9-15-19(17)20-16-10-3-2-5-12-18-13-6-4-7-14-18/h4,6-9,11,13-15H,2-3,5,10,12,16H2,1H3. The lowest BCUT2D eigenvalue weighted by molar-refractivity contribution is 0.303. The molecule has 0 aliphatic heterocycles. The molecule has 2 rings (SSSR count). The SMILES string of the molecule is Cc1ccccc1OCCCCCCc1ccccc1. The summed E-state index contributed by atoms with van der Waals surface area (Å²) in [6.45, 7) is 2.92. The number of rotatable bonds is 8. The second kappa shape index (κ2) is 8.42. The summed E-state index contributed by atoms with van der Waals surface area (Å²) in [6, 6.07) is 18.9. The fourth-order valence-corrected chi connectivity index (χ4v) is 2.33. The van der Waals surface area contributed by atoms with Crippen LogP contribution in [0.2, 0.25) is 0 Å². The Balaban J connectivity index is 1.53. The molecule has 0 atom stereocenters. The smallest absolute Gasteiger partial charge is 0.122 e. The number of ether oxygens (including phenoxy) is 1. The van der Waals surface area contributed by atoms with Gasteiger partial charge in [-0.25, -0.2) is 0 Å². The molecule has 2 aromatic rings. The van der Waals surface area contributed by atoms with Gasteiger partial charge in [0.25, 0.3) is 0 Å². The average molecular weight is 268 g/mol. The van der Waals surface area contributed by atoms with Crippen LogP contribution in [0.1, 0.15) is 36.8 Å². The number of aryl methyl sites for hydroxylation is 2. The Hall–Kier alpha value is -1.76. The Morgan fingerprint density at radius 1 is 0.750 bits per heavy atom. The van der Waals surface area contributed by atoms with E-state index in [9.17, 15) is 0 Å². The van der Waals surface area contributed by atoms with Crippen LogP contribution in [-0.4, -0.2) is 6.61 Å².